The molecular weight excluding hydrogens is 435 g/mol. The van der Waals surface area contributed by atoms with E-state index >= 15 is 0 Å². The maximum Gasteiger partial charge on any atom is 0.293 e. The van der Waals surface area contributed by atoms with E-state index in [0.717, 1.165) is 39.3 Å². The van der Waals surface area contributed by atoms with Crippen LogP contribution in [0.4, 0.5) is 9.18 Å². The fourth-order valence-corrected chi connectivity index (χ4v) is 4.85. The Balaban J connectivity index is 1.62. The molecule has 170 valence electrons. The maximum atomic E-state index is 14.0. The number of hydrogen-bond donors (Lipinski definition) is 0. The monoisotopic (exact) mass is 462 g/mol. The van der Waals surface area contributed by atoms with Crippen molar-refractivity contribution < 1.29 is 14.0 Å². The second-order valence-corrected chi connectivity index (χ2v) is 10.3. The van der Waals surface area contributed by atoms with Crippen LogP contribution in [0.3, 0.4) is 0 Å². The molecule has 4 nitrogen and oxygen atoms in total. The molecule has 0 N–H and O–H groups in total. The van der Waals surface area contributed by atoms with Crippen LogP contribution in [0, 0.1) is 19.7 Å². The minimum absolute atomic E-state index is 0.0756. The number of amides is 2. The largest absolute Gasteiger partial charge is 0.318 e. The van der Waals surface area contributed by atoms with E-state index in [-0.39, 0.29) is 17.2 Å². The van der Waals surface area contributed by atoms with Crippen molar-refractivity contribution in [1.29, 1.82) is 0 Å². The number of carbonyl (C=O) groups excluding carboxylic acids is 2. The van der Waals surface area contributed by atoms with Crippen LogP contribution in [0.5, 0.6) is 0 Å². The summed E-state index contributed by atoms with van der Waals surface area (Å²) < 4.78 is 16.2. The molecule has 0 aliphatic carbocycles. The highest BCUT2D eigenvalue weighted by Crippen LogP contribution is 2.35. The number of aromatic nitrogens is 1. The second-order valence-electron chi connectivity index (χ2n) is 9.32. The lowest BCUT2D eigenvalue weighted by Crippen LogP contribution is -2.27. The summed E-state index contributed by atoms with van der Waals surface area (Å²) in [6, 6.07) is 16.7. The fraction of sp³-hybridized carbons (Fsp3) is 0.259. The first kappa shape index (κ1) is 23.1. The minimum atomic E-state index is -0.429. The summed E-state index contributed by atoms with van der Waals surface area (Å²) >= 11 is 0.893. The van der Waals surface area contributed by atoms with Crippen LogP contribution in [-0.2, 0) is 16.8 Å². The maximum absolute atomic E-state index is 14.0. The number of benzene rings is 2. The SMILES string of the molecule is Cc1cc(/C=C2\SC(=O)N(Cc3ccccc3F)C2=O)c(C)n1-c1ccc(C(C)(C)C)cc1. The van der Waals surface area contributed by atoms with Gasteiger partial charge in [0.25, 0.3) is 11.1 Å². The highest BCUT2D eigenvalue weighted by molar-refractivity contribution is 8.18. The molecule has 1 saturated heterocycles. The lowest BCUT2D eigenvalue weighted by Gasteiger charge is -2.20. The standard InChI is InChI=1S/C27H27FN2O2S/c1-17-14-20(18(2)30(17)22-12-10-21(11-13-22)27(3,4)5)15-24-25(31)29(26(32)33-24)16-19-8-6-7-9-23(19)28/h6-15H,16H2,1-5H3/b24-15-. The first-order chi connectivity index (χ1) is 15.6. The van der Waals surface area contributed by atoms with E-state index in [1.165, 1.54) is 11.6 Å². The Morgan fingerprint density at radius 2 is 1.67 bits per heavy atom. The average molecular weight is 463 g/mol. The third-order valence-electron chi connectivity index (χ3n) is 5.91. The van der Waals surface area contributed by atoms with Gasteiger partial charge >= 0.3 is 0 Å². The van der Waals surface area contributed by atoms with Crippen LogP contribution in [-0.4, -0.2) is 20.6 Å². The van der Waals surface area contributed by atoms with Crippen molar-refractivity contribution >= 4 is 29.0 Å². The molecule has 3 aromatic rings. The smallest absolute Gasteiger partial charge is 0.293 e. The van der Waals surface area contributed by atoms with Crippen LogP contribution in [0.2, 0.25) is 0 Å². The van der Waals surface area contributed by atoms with Gasteiger partial charge in [-0.25, -0.2) is 4.39 Å². The summed E-state index contributed by atoms with van der Waals surface area (Å²) in [6.07, 6.45) is 1.76. The lowest BCUT2D eigenvalue weighted by molar-refractivity contribution is -0.123. The van der Waals surface area contributed by atoms with Gasteiger partial charge in [-0.1, -0.05) is 51.1 Å². The molecule has 1 fully saturated rings. The van der Waals surface area contributed by atoms with E-state index in [4.69, 9.17) is 0 Å². The van der Waals surface area contributed by atoms with Gasteiger partial charge in [0, 0.05) is 22.6 Å². The number of aryl methyl sites for hydroxylation is 1. The van der Waals surface area contributed by atoms with E-state index in [1.807, 2.05) is 19.9 Å². The Bertz CT molecular complexity index is 1270. The van der Waals surface area contributed by atoms with Gasteiger partial charge in [-0.15, -0.1) is 0 Å². The summed E-state index contributed by atoms with van der Waals surface area (Å²) in [5.74, 6) is -0.825. The Labute approximate surface area is 198 Å². The summed E-state index contributed by atoms with van der Waals surface area (Å²) in [5, 5.41) is -0.388. The topological polar surface area (TPSA) is 42.3 Å². The van der Waals surface area contributed by atoms with Gasteiger partial charge in [-0.3, -0.25) is 14.5 Å². The van der Waals surface area contributed by atoms with Gasteiger partial charge in [-0.05, 0) is 72.5 Å². The molecule has 0 unspecified atom stereocenters. The fourth-order valence-electron chi connectivity index (χ4n) is 4.02. The van der Waals surface area contributed by atoms with E-state index < -0.39 is 11.7 Å². The van der Waals surface area contributed by atoms with Crippen LogP contribution in [0.25, 0.3) is 11.8 Å². The van der Waals surface area contributed by atoms with Gasteiger partial charge in [0.15, 0.2) is 0 Å². The lowest BCUT2D eigenvalue weighted by atomic mass is 9.87. The van der Waals surface area contributed by atoms with Gasteiger partial charge in [-0.2, -0.15) is 0 Å². The zero-order valence-electron chi connectivity index (χ0n) is 19.5. The van der Waals surface area contributed by atoms with Gasteiger partial charge < -0.3 is 4.57 Å². The predicted octanol–water partition coefficient (Wildman–Crippen LogP) is 6.77. The summed E-state index contributed by atoms with van der Waals surface area (Å²) in [4.78, 5) is 26.9. The van der Waals surface area contributed by atoms with Gasteiger partial charge in [0.2, 0.25) is 0 Å². The predicted molar refractivity (Wildman–Crippen MR) is 132 cm³/mol. The second kappa shape index (κ2) is 8.67. The van der Waals surface area contributed by atoms with Crippen molar-refractivity contribution in [2.24, 2.45) is 0 Å². The first-order valence-electron chi connectivity index (χ1n) is 10.8. The van der Waals surface area contributed by atoms with Gasteiger partial charge in [0.05, 0.1) is 11.4 Å². The van der Waals surface area contributed by atoms with Crippen molar-refractivity contribution in [3.63, 3.8) is 0 Å². The molecule has 0 radical (unpaired) electrons. The normalized spacial score (nSPS) is 15.7. The molecule has 0 spiro atoms. The van der Waals surface area contributed by atoms with E-state index in [0.29, 0.717) is 10.5 Å². The number of halogens is 1. The first-order valence-corrected chi connectivity index (χ1v) is 11.7. The molecule has 0 atom stereocenters. The van der Waals surface area contributed by atoms with E-state index in [2.05, 4.69) is 49.6 Å². The van der Waals surface area contributed by atoms with Crippen molar-refractivity contribution in [3.05, 3.63) is 93.4 Å². The molecule has 2 amide bonds. The van der Waals surface area contributed by atoms with Crippen molar-refractivity contribution in [1.82, 2.24) is 9.47 Å². The quantitative estimate of drug-likeness (QED) is 0.402. The molecule has 1 aliphatic heterocycles. The van der Waals surface area contributed by atoms with E-state index in [1.54, 1.807) is 24.3 Å². The Morgan fingerprint density at radius 3 is 2.30 bits per heavy atom. The highest BCUT2D eigenvalue weighted by atomic mass is 32.2. The molecule has 0 bridgehead atoms. The van der Waals surface area contributed by atoms with Gasteiger partial charge in [0.1, 0.15) is 5.82 Å². The van der Waals surface area contributed by atoms with E-state index in [9.17, 15) is 14.0 Å². The van der Waals surface area contributed by atoms with Crippen molar-refractivity contribution in [2.75, 3.05) is 0 Å². The summed E-state index contributed by atoms with van der Waals surface area (Å²) in [7, 11) is 0. The Kier molecular flexibility index (Phi) is 6.06. The Hall–Kier alpha value is -3.12. The van der Waals surface area contributed by atoms with Crippen LogP contribution in [0.15, 0.2) is 59.5 Å². The molecule has 1 aliphatic rings. The van der Waals surface area contributed by atoms with Crippen LogP contribution in [0.1, 0.15) is 48.8 Å². The molecule has 6 heteroatoms. The number of rotatable bonds is 4. The minimum Gasteiger partial charge on any atom is -0.318 e. The molecule has 1 aromatic heterocycles. The highest BCUT2D eigenvalue weighted by Gasteiger charge is 2.35. The number of imide groups is 1. The van der Waals surface area contributed by atoms with Crippen LogP contribution >= 0.6 is 11.8 Å². The number of thioether (sulfide) groups is 1. The summed E-state index contributed by atoms with van der Waals surface area (Å²) in [6.45, 7) is 10.5. The number of carbonyl (C=O) groups is 2. The van der Waals surface area contributed by atoms with Crippen molar-refractivity contribution in [3.8, 4) is 5.69 Å². The molecule has 4 rings (SSSR count). The third kappa shape index (κ3) is 4.53. The Morgan fingerprint density at radius 1 is 1.00 bits per heavy atom. The molecule has 2 aromatic carbocycles. The average Bonchev–Trinajstić information content (AvgIpc) is 3.18. The van der Waals surface area contributed by atoms with Crippen LogP contribution < -0.4 is 0 Å². The molecular formula is C27H27FN2O2S. The molecule has 33 heavy (non-hydrogen) atoms. The molecule has 2 heterocycles. The zero-order chi connectivity index (χ0) is 23.9. The molecule has 0 saturated carbocycles. The third-order valence-corrected chi connectivity index (χ3v) is 6.82. The zero-order valence-corrected chi connectivity index (χ0v) is 20.3. The van der Waals surface area contributed by atoms with Crippen molar-refractivity contribution in [2.45, 2.75) is 46.6 Å². The number of nitrogens with zero attached hydrogens (tertiary/aromatic N) is 2. The summed E-state index contributed by atoms with van der Waals surface area (Å²) in [5.41, 5.74) is 5.60. The number of hydrogen-bond acceptors (Lipinski definition) is 3.